The van der Waals surface area contributed by atoms with Crippen molar-refractivity contribution >= 4 is 11.9 Å². The van der Waals surface area contributed by atoms with Gasteiger partial charge in [-0.15, -0.1) is 0 Å². The van der Waals surface area contributed by atoms with Crippen LogP contribution in [0.15, 0.2) is 36.4 Å². The van der Waals surface area contributed by atoms with E-state index in [0.29, 0.717) is 5.75 Å². The molecule has 0 aromatic heterocycles. The topological polar surface area (TPSA) is 63.6 Å². The van der Waals surface area contributed by atoms with Crippen molar-refractivity contribution in [3.8, 4) is 5.75 Å². The van der Waals surface area contributed by atoms with Crippen LogP contribution < -0.4 is 4.74 Å². The number of aryl methyl sites for hydroxylation is 1. The fourth-order valence-electron chi connectivity index (χ4n) is 2.83. The molecule has 144 valence electrons. The molecule has 1 aromatic rings. The first kappa shape index (κ1) is 21.9. The summed E-state index contributed by atoms with van der Waals surface area (Å²) in [5, 5.41) is 8.46. The van der Waals surface area contributed by atoms with Gasteiger partial charge in [-0.1, -0.05) is 76.8 Å². The smallest absolute Gasteiger partial charge is 0.336 e. The molecule has 0 heterocycles. The van der Waals surface area contributed by atoms with Crippen LogP contribution in [-0.2, 0) is 16.0 Å². The Morgan fingerprint density at radius 2 is 1.38 bits per heavy atom. The van der Waals surface area contributed by atoms with E-state index in [1.165, 1.54) is 69.8 Å². The molecule has 0 bridgehead atoms. The highest BCUT2D eigenvalue weighted by Crippen LogP contribution is 2.16. The standard InChI is InChI=1S/C22H32O4/c1-2-3-4-5-6-7-8-9-10-11-12-19-13-15-20(16-14-19)26-22(25)18-17-21(23)24/h13-18H,2-12H2,1H3,(H,23,24)/b18-17-. The van der Waals surface area contributed by atoms with E-state index in [9.17, 15) is 9.59 Å². The van der Waals surface area contributed by atoms with Crippen molar-refractivity contribution in [1.29, 1.82) is 0 Å². The molecular weight excluding hydrogens is 328 g/mol. The quantitative estimate of drug-likeness (QED) is 0.200. The van der Waals surface area contributed by atoms with Gasteiger partial charge in [0.15, 0.2) is 0 Å². The van der Waals surface area contributed by atoms with Gasteiger partial charge in [-0.2, -0.15) is 0 Å². The normalized spacial score (nSPS) is 11.0. The second-order valence-corrected chi connectivity index (χ2v) is 6.67. The predicted octanol–water partition coefficient (Wildman–Crippen LogP) is 5.70. The number of unbranched alkanes of at least 4 members (excludes halogenated alkanes) is 9. The number of rotatable bonds is 14. The van der Waals surface area contributed by atoms with Gasteiger partial charge in [-0.3, -0.25) is 0 Å². The summed E-state index contributed by atoms with van der Waals surface area (Å²) in [7, 11) is 0. The van der Waals surface area contributed by atoms with Gasteiger partial charge in [0.25, 0.3) is 0 Å². The lowest BCUT2D eigenvalue weighted by atomic mass is 10.0. The second kappa shape index (κ2) is 14.1. The maximum Gasteiger partial charge on any atom is 0.336 e. The molecule has 0 unspecified atom stereocenters. The van der Waals surface area contributed by atoms with Gasteiger partial charge < -0.3 is 9.84 Å². The minimum absolute atomic E-state index is 0.428. The third-order valence-electron chi connectivity index (χ3n) is 4.32. The van der Waals surface area contributed by atoms with Crippen LogP contribution in [0.2, 0.25) is 0 Å². The van der Waals surface area contributed by atoms with Crippen molar-refractivity contribution in [2.45, 2.75) is 77.6 Å². The van der Waals surface area contributed by atoms with Crippen LogP contribution in [0.5, 0.6) is 5.75 Å². The van der Waals surface area contributed by atoms with Crippen LogP contribution >= 0.6 is 0 Å². The Morgan fingerprint density at radius 3 is 1.92 bits per heavy atom. The molecular formula is C22H32O4. The Morgan fingerprint density at radius 1 is 0.846 bits per heavy atom. The summed E-state index contributed by atoms with van der Waals surface area (Å²) in [6.45, 7) is 2.25. The van der Waals surface area contributed by atoms with Crippen molar-refractivity contribution in [3.05, 3.63) is 42.0 Å². The summed E-state index contributed by atoms with van der Waals surface area (Å²) in [5.41, 5.74) is 1.23. The van der Waals surface area contributed by atoms with Gasteiger partial charge in [-0.05, 0) is 30.5 Å². The zero-order valence-corrected chi connectivity index (χ0v) is 15.9. The van der Waals surface area contributed by atoms with E-state index in [1.807, 2.05) is 12.1 Å². The number of hydrogen-bond acceptors (Lipinski definition) is 3. The number of carboxylic acid groups (broad SMARTS) is 1. The zero-order chi connectivity index (χ0) is 19.0. The Labute approximate surface area is 157 Å². The third-order valence-corrected chi connectivity index (χ3v) is 4.32. The highest BCUT2D eigenvalue weighted by Gasteiger charge is 2.02. The molecule has 0 saturated heterocycles. The first-order chi connectivity index (χ1) is 12.6. The van der Waals surface area contributed by atoms with E-state index in [4.69, 9.17) is 9.84 Å². The third kappa shape index (κ3) is 11.5. The molecule has 0 atom stereocenters. The average molecular weight is 360 g/mol. The average Bonchev–Trinajstić information content (AvgIpc) is 2.63. The summed E-state index contributed by atoms with van der Waals surface area (Å²) < 4.78 is 5.04. The lowest BCUT2D eigenvalue weighted by molar-refractivity contribution is -0.133. The molecule has 4 nitrogen and oxygen atoms in total. The predicted molar refractivity (Wildman–Crippen MR) is 104 cm³/mol. The summed E-state index contributed by atoms with van der Waals surface area (Å²) in [4.78, 5) is 21.7. The van der Waals surface area contributed by atoms with Gasteiger partial charge in [0.1, 0.15) is 5.75 Å². The number of carboxylic acids is 1. The monoisotopic (exact) mass is 360 g/mol. The number of aliphatic carboxylic acids is 1. The number of esters is 1. The minimum atomic E-state index is -1.17. The van der Waals surface area contributed by atoms with Crippen molar-refractivity contribution in [3.63, 3.8) is 0 Å². The number of benzene rings is 1. The molecule has 0 amide bonds. The maximum atomic E-state index is 11.4. The zero-order valence-electron chi connectivity index (χ0n) is 15.9. The Bertz CT molecular complexity index is 546. The van der Waals surface area contributed by atoms with Gasteiger partial charge in [0, 0.05) is 12.2 Å². The molecule has 1 N–H and O–H groups in total. The minimum Gasteiger partial charge on any atom is -0.478 e. The number of hydrogen-bond donors (Lipinski definition) is 1. The first-order valence-electron chi connectivity index (χ1n) is 9.83. The van der Waals surface area contributed by atoms with E-state index in [1.54, 1.807) is 12.1 Å². The number of carbonyl (C=O) groups is 2. The van der Waals surface area contributed by atoms with Crippen LogP contribution in [0.3, 0.4) is 0 Å². The Hall–Kier alpha value is -2.10. The summed E-state index contributed by atoms with van der Waals surface area (Å²) in [6, 6.07) is 7.41. The molecule has 0 radical (unpaired) electrons. The van der Waals surface area contributed by atoms with E-state index >= 15 is 0 Å². The summed E-state index contributed by atoms with van der Waals surface area (Å²) in [5.74, 6) is -1.43. The number of ether oxygens (including phenoxy) is 1. The summed E-state index contributed by atoms with van der Waals surface area (Å²) >= 11 is 0. The highest BCUT2D eigenvalue weighted by atomic mass is 16.5. The van der Waals surface area contributed by atoms with Crippen LogP contribution in [0.1, 0.15) is 76.7 Å². The first-order valence-corrected chi connectivity index (χ1v) is 9.83. The van der Waals surface area contributed by atoms with Crippen LogP contribution in [0.4, 0.5) is 0 Å². The fourth-order valence-corrected chi connectivity index (χ4v) is 2.83. The van der Waals surface area contributed by atoms with E-state index in [0.717, 1.165) is 18.6 Å². The molecule has 0 aliphatic carbocycles. The Balaban J connectivity index is 2.11. The van der Waals surface area contributed by atoms with Crippen molar-refractivity contribution < 1.29 is 19.4 Å². The van der Waals surface area contributed by atoms with Crippen molar-refractivity contribution in [2.75, 3.05) is 0 Å². The van der Waals surface area contributed by atoms with Gasteiger partial charge in [-0.25, -0.2) is 9.59 Å². The second-order valence-electron chi connectivity index (χ2n) is 6.67. The van der Waals surface area contributed by atoms with Crippen LogP contribution in [0, 0.1) is 0 Å². The van der Waals surface area contributed by atoms with Gasteiger partial charge in [0.05, 0.1) is 0 Å². The SMILES string of the molecule is CCCCCCCCCCCCc1ccc(OC(=O)/C=C\C(=O)O)cc1. The van der Waals surface area contributed by atoms with Gasteiger partial charge >= 0.3 is 11.9 Å². The largest absolute Gasteiger partial charge is 0.478 e. The molecule has 1 rings (SSSR count). The van der Waals surface area contributed by atoms with Crippen molar-refractivity contribution in [2.24, 2.45) is 0 Å². The fraction of sp³-hybridized carbons (Fsp3) is 0.545. The Kier molecular flexibility index (Phi) is 11.9. The highest BCUT2D eigenvalue weighted by molar-refractivity contribution is 5.91. The van der Waals surface area contributed by atoms with E-state index in [2.05, 4.69) is 6.92 Å². The molecule has 0 fully saturated rings. The van der Waals surface area contributed by atoms with Crippen LogP contribution in [0.25, 0.3) is 0 Å². The maximum absolute atomic E-state index is 11.4. The molecule has 4 heteroatoms. The lowest BCUT2D eigenvalue weighted by Gasteiger charge is -2.05. The molecule has 0 aliphatic heterocycles. The summed E-state index contributed by atoms with van der Waals surface area (Å²) in [6.07, 6.45) is 16.0. The molecule has 0 spiro atoms. The molecule has 1 aromatic carbocycles. The molecule has 0 aliphatic rings. The van der Waals surface area contributed by atoms with E-state index in [-0.39, 0.29) is 0 Å². The molecule has 0 saturated carbocycles. The van der Waals surface area contributed by atoms with Crippen LogP contribution in [-0.4, -0.2) is 17.0 Å². The van der Waals surface area contributed by atoms with Gasteiger partial charge in [0.2, 0.25) is 0 Å². The lowest BCUT2D eigenvalue weighted by Crippen LogP contribution is -2.04. The number of carbonyl (C=O) groups excluding carboxylic acids is 1. The van der Waals surface area contributed by atoms with Crippen molar-refractivity contribution in [1.82, 2.24) is 0 Å². The van der Waals surface area contributed by atoms with E-state index < -0.39 is 11.9 Å². The molecule has 26 heavy (non-hydrogen) atoms.